The SMILES string of the molecule is CC(C)(C)N(C(=O)O)C(CC1CCCCC1)C1CC(Cc2ccccc2)C(=O)O1. The standard InChI is InChI=1S/C24H35NO4/c1-24(2,3)25(23(27)28)20(15-18-12-8-5-9-13-18)21-16-19(22(26)29-21)14-17-10-6-4-7-11-17/h4,6-7,10-11,18-21H,5,8-9,12-16H2,1-3H3,(H,27,28). The second-order valence-electron chi connectivity index (χ2n) is 9.73. The van der Waals surface area contributed by atoms with Crippen LogP contribution in [0.3, 0.4) is 0 Å². The van der Waals surface area contributed by atoms with Crippen LogP contribution in [0.4, 0.5) is 4.79 Å². The summed E-state index contributed by atoms with van der Waals surface area (Å²) < 4.78 is 5.83. The molecule has 0 aromatic heterocycles. The van der Waals surface area contributed by atoms with Crippen molar-refractivity contribution in [1.82, 2.24) is 4.90 Å². The van der Waals surface area contributed by atoms with E-state index in [2.05, 4.69) is 0 Å². The number of carboxylic acid groups (broad SMARTS) is 1. The van der Waals surface area contributed by atoms with E-state index in [1.165, 1.54) is 19.3 Å². The third-order valence-corrected chi connectivity index (χ3v) is 6.43. The van der Waals surface area contributed by atoms with Gasteiger partial charge in [-0.15, -0.1) is 0 Å². The summed E-state index contributed by atoms with van der Waals surface area (Å²) in [7, 11) is 0. The molecule has 29 heavy (non-hydrogen) atoms. The Morgan fingerprint density at radius 3 is 2.41 bits per heavy atom. The van der Waals surface area contributed by atoms with E-state index in [0.29, 0.717) is 18.8 Å². The zero-order chi connectivity index (χ0) is 21.0. The van der Waals surface area contributed by atoms with Crippen molar-refractivity contribution < 1.29 is 19.4 Å². The maximum atomic E-state index is 12.6. The first-order valence-corrected chi connectivity index (χ1v) is 11.0. The molecule has 5 nitrogen and oxygen atoms in total. The molecule has 1 heterocycles. The molecule has 3 atom stereocenters. The number of carbonyl (C=O) groups excluding carboxylic acids is 1. The van der Waals surface area contributed by atoms with Crippen molar-refractivity contribution in [2.24, 2.45) is 11.8 Å². The predicted octanol–water partition coefficient (Wildman–Crippen LogP) is 5.28. The molecule has 5 heteroatoms. The normalized spacial score (nSPS) is 24.2. The van der Waals surface area contributed by atoms with Crippen LogP contribution < -0.4 is 0 Å². The molecule has 2 aliphatic rings. The maximum Gasteiger partial charge on any atom is 0.408 e. The Hall–Kier alpha value is -2.04. The van der Waals surface area contributed by atoms with E-state index in [1.807, 2.05) is 51.1 Å². The molecule has 1 aliphatic heterocycles. The van der Waals surface area contributed by atoms with Crippen LogP contribution in [0.1, 0.15) is 71.3 Å². The lowest BCUT2D eigenvalue weighted by molar-refractivity contribution is -0.147. The van der Waals surface area contributed by atoms with Crippen molar-refractivity contribution in [3.05, 3.63) is 35.9 Å². The van der Waals surface area contributed by atoms with Gasteiger partial charge in [0.25, 0.3) is 0 Å². The van der Waals surface area contributed by atoms with Crippen LogP contribution in [0.5, 0.6) is 0 Å². The van der Waals surface area contributed by atoms with Gasteiger partial charge in [0, 0.05) is 12.0 Å². The van der Waals surface area contributed by atoms with Gasteiger partial charge >= 0.3 is 12.1 Å². The molecule has 1 saturated heterocycles. The molecule has 0 spiro atoms. The van der Waals surface area contributed by atoms with Gasteiger partial charge in [0.05, 0.1) is 12.0 Å². The number of nitrogens with zero attached hydrogens (tertiary/aromatic N) is 1. The molecule has 160 valence electrons. The summed E-state index contributed by atoms with van der Waals surface area (Å²) in [4.78, 5) is 26.4. The Balaban J connectivity index is 1.79. The van der Waals surface area contributed by atoms with Crippen molar-refractivity contribution in [3.63, 3.8) is 0 Å². The fraction of sp³-hybridized carbons (Fsp3) is 0.667. The summed E-state index contributed by atoms with van der Waals surface area (Å²) in [5.41, 5.74) is 0.569. The number of hydrogen-bond donors (Lipinski definition) is 1. The van der Waals surface area contributed by atoms with Crippen LogP contribution in [0, 0.1) is 11.8 Å². The molecule has 3 unspecified atom stereocenters. The van der Waals surface area contributed by atoms with Crippen LogP contribution in [-0.2, 0) is 16.0 Å². The van der Waals surface area contributed by atoms with Crippen molar-refractivity contribution in [2.45, 2.75) is 89.8 Å². The van der Waals surface area contributed by atoms with Crippen LogP contribution in [0.25, 0.3) is 0 Å². The van der Waals surface area contributed by atoms with Crippen molar-refractivity contribution in [1.29, 1.82) is 0 Å². The average molecular weight is 402 g/mol. The lowest BCUT2D eigenvalue weighted by atomic mass is 9.81. The topological polar surface area (TPSA) is 66.8 Å². The molecule has 1 saturated carbocycles. The Labute approximate surface area is 174 Å². The zero-order valence-corrected chi connectivity index (χ0v) is 18.0. The molecule has 1 aromatic rings. The second kappa shape index (κ2) is 9.19. The minimum Gasteiger partial charge on any atom is -0.465 e. The van der Waals surface area contributed by atoms with Crippen LogP contribution in [0.15, 0.2) is 30.3 Å². The lowest BCUT2D eigenvalue weighted by Crippen LogP contribution is -2.56. The number of cyclic esters (lactones) is 1. The summed E-state index contributed by atoms with van der Waals surface area (Å²) in [6.07, 6.45) is 6.68. The van der Waals surface area contributed by atoms with Crippen molar-refractivity contribution in [2.75, 3.05) is 0 Å². The predicted molar refractivity (Wildman–Crippen MR) is 113 cm³/mol. The third-order valence-electron chi connectivity index (χ3n) is 6.43. The van der Waals surface area contributed by atoms with Gasteiger partial charge in [0.1, 0.15) is 6.10 Å². The highest BCUT2D eigenvalue weighted by atomic mass is 16.6. The quantitative estimate of drug-likeness (QED) is 0.659. The van der Waals surface area contributed by atoms with Gasteiger partial charge in [-0.1, -0.05) is 62.4 Å². The van der Waals surface area contributed by atoms with E-state index in [4.69, 9.17) is 4.74 Å². The van der Waals surface area contributed by atoms with Gasteiger partial charge < -0.3 is 9.84 Å². The van der Waals surface area contributed by atoms with E-state index in [9.17, 15) is 14.7 Å². The Morgan fingerprint density at radius 1 is 1.17 bits per heavy atom. The van der Waals surface area contributed by atoms with Crippen LogP contribution in [0.2, 0.25) is 0 Å². The van der Waals surface area contributed by atoms with E-state index in [-0.39, 0.29) is 24.0 Å². The first kappa shape index (κ1) is 21.7. The van der Waals surface area contributed by atoms with Gasteiger partial charge in [-0.05, 0) is 45.1 Å². The molecule has 3 rings (SSSR count). The van der Waals surface area contributed by atoms with Crippen molar-refractivity contribution in [3.8, 4) is 0 Å². The molecule has 1 aliphatic carbocycles. The Morgan fingerprint density at radius 2 is 1.83 bits per heavy atom. The fourth-order valence-corrected chi connectivity index (χ4v) is 5.09. The first-order valence-electron chi connectivity index (χ1n) is 11.0. The maximum absolute atomic E-state index is 12.6. The molecular formula is C24H35NO4. The summed E-state index contributed by atoms with van der Waals surface area (Å²) >= 11 is 0. The van der Waals surface area contributed by atoms with Gasteiger partial charge in [-0.2, -0.15) is 0 Å². The largest absolute Gasteiger partial charge is 0.465 e. The van der Waals surface area contributed by atoms with Gasteiger partial charge in [-0.25, -0.2) is 4.79 Å². The number of hydrogen-bond acceptors (Lipinski definition) is 3. The number of amides is 1. The minimum atomic E-state index is -0.930. The van der Waals surface area contributed by atoms with Gasteiger partial charge in [0.15, 0.2) is 0 Å². The van der Waals surface area contributed by atoms with Crippen molar-refractivity contribution >= 4 is 12.1 Å². The first-order chi connectivity index (χ1) is 13.8. The summed E-state index contributed by atoms with van der Waals surface area (Å²) in [6.45, 7) is 5.77. The van der Waals surface area contributed by atoms with E-state index in [0.717, 1.165) is 24.8 Å². The van der Waals surface area contributed by atoms with Gasteiger partial charge in [0.2, 0.25) is 0 Å². The number of ether oxygens (including phenoxy) is 1. The molecule has 0 bridgehead atoms. The van der Waals surface area contributed by atoms with E-state index >= 15 is 0 Å². The van der Waals surface area contributed by atoms with E-state index in [1.54, 1.807) is 4.90 Å². The smallest absolute Gasteiger partial charge is 0.408 e. The second-order valence-corrected chi connectivity index (χ2v) is 9.73. The Bertz CT molecular complexity index is 691. The van der Waals surface area contributed by atoms with Gasteiger partial charge in [-0.3, -0.25) is 9.69 Å². The highest BCUT2D eigenvalue weighted by Crippen LogP contribution is 2.37. The van der Waals surface area contributed by atoms with E-state index < -0.39 is 11.6 Å². The Kier molecular flexibility index (Phi) is 6.86. The third kappa shape index (κ3) is 5.52. The molecular weight excluding hydrogens is 366 g/mol. The summed E-state index contributed by atoms with van der Waals surface area (Å²) in [6, 6.07) is 9.68. The molecule has 1 amide bonds. The van der Waals surface area contributed by atoms with Crippen LogP contribution >= 0.6 is 0 Å². The summed E-state index contributed by atoms with van der Waals surface area (Å²) in [5, 5.41) is 10.0. The monoisotopic (exact) mass is 401 g/mol. The summed E-state index contributed by atoms with van der Waals surface area (Å²) in [5.74, 6) is 0.114. The number of carbonyl (C=O) groups is 2. The van der Waals surface area contributed by atoms with Crippen LogP contribution in [-0.4, -0.2) is 39.8 Å². The highest BCUT2D eigenvalue weighted by molar-refractivity contribution is 5.75. The lowest BCUT2D eigenvalue weighted by Gasteiger charge is -2.43. The molecule has 2 fully saturated rings. The molecule has 1 aromatic carbocycles. The number of benzene rings is 1. The highest BCUT2D eigenvalue weighted by Gasteiger charge is 2.45. The fourth-order valence-electron chi connectivity index (χ4n) is 5.09. The average Bonchev–Trinajstić information content (AvgIpc) is 3.02. The molecule has 0 radical (unpaired) electrons. The number of esters is 1. The molecule has 1 N–H and O–H groups in total. The number of rotatable bonds is 6. The minimum absolute atomic E-state index is 0.188. The zero-order valence-electron chi connectivity index (χ0n) is 18.0.